The summed E-state index contributed by atoms with van der Waals surface area (Å²) in [7, 11) is 0. The minimum Gasteiger partial charge on any atom is -0.207 e. The molecule has 0 heterocycles. The third kappa shape index (κ3) is 10.2. The van der Waals surface area contributed by atoms with Crippen LogP contribution in [0, 0.1) is 26.6 Å². The molecule has 0 aliphatic carbocycles. The molecule has 0 N–H and O–H groups in total. The molecule has 3 aromatic carbocycles. The van der Waals surface area contributed by atoms with E-state index in [1.54, 1.807) is 13.0 Å². The fraction of sp³-hybridized carbons (Fsp3) is 0.455. The first-order valence-electron chi connectivity index (χ1n) is 12.3. The van der Waals surface area contributed by atoms with E-state index in [2.05, 4.69) is 125 Å². The van der Waals surface area contributed by atoms with E-state index in [1.807, 2.05) is 12.1 Å². The summed E-state index contributed by atoms with van der Waals surface area (Å²) in [5.41, 5.74) is 7.84. The first-order valence-corrected chi connectivity index (χ1v) is 12.3. The van der Waals surface area contributed by atoms with Crippen molar-refractivity contribution in [2.45, 2.75) is 99.3 Å². The van der Waals surface area contributed by atoms with Gasteiger partial charge in [-0.1, -0.05) is 134 Å². The summed E-state index contributed by atoms with van der Waals surface area (Å²) < 4.78 is 13.1. The molecule has 0 amide bonds. The molecule has 0 nitrogen and oxygen atoms in total. The highest BCUT2D eigenvalue weighted by atomic mass is 19.1. The van der Waals surface area contributed by atoms with Gasteiger partial charge in [0, 0.05) is 0 Å². The molecule has 34 heavy (non-hydrogen) atoms. The summed E-state index contributed by atoms with van der Waals surface area (Å²) in [6.07, 6.45) is 0. The van der Waals surface area contributed by atoms with Crippen LogP contribution in [0.4, 0.5) is 4.39 Å². The molecule has 0 aliphatic rings. The molecule has 186 valence electrons. The number of hydrogen-bond acceptors (Lipinski definition) is 0. The lowest BCUT2D eigenvalue weighted by Crippen LogP contribution is -2.11. The number of hydrogen-bond donors (Lipinski definition) is 0. The van der Waals surface area contributed by atoms with Crippen LogP contribution in [-0.2, 0) is 16.2 Å². The van der Waals surface area contributed by atoms with Crippen molar-refractivity contribution >= 4 is 0 Å². The van der Waals surface area contributed by atoms with Gasteiger partial charge in [0.25, 0.3) is 0 Å². The van der Waals surface area contributed by atoms with Gasteiger partial charge in [0.05, 0.1) is 0 Å². The molecule has 0 atom stereocenters. The summed E-state index contributed by atoms with van der Waals surface area (Å²) in [5, 5.41) is 0. The number of rotatable bonds is 0. The molecule has 0 aromatic heterocycles. The number of halogens is 1. The SMILES string of the molecule is Cc1ccc(C(C)(C)C)cc1.Cc1ccc(C(C)(C)C)cc1.Cc1ccc(C(C)(C)C)cc1F. The second-order valence-corrected chi connectivity index (χ2v) is 12.4. The van der Waals surface area contributed by atoms with Crippen molar-refractivity contribution in [3.63, 3.8) is 0 Å². The van der Waals surface area contributed by atoms with E-state index in [0.29, 0.717) is 5.56 Å². The molecular formula is C33H47F. The molecule has 0 bridgehead atoms. The molecule has 0 spiro atoms. The Morgan fingerprint density at radius 2 is 0.735 bits per heavy atom. The van der Waals surface area contributed by atoms with Crippen LogP contribution < -0.4 is 0 Å². The summed E-state index contributed by atoms with van der Waals surface area (Å²) >= 11 is 0. The van der Waals surface area contributed by atoms with Crippen LogP contribution >= 0.6 is 0 Å². The topological polar surface area (TPSA) is 0 Å². The summed E-state index contributed by atoms with van der Waals surface area (Å²) in [5.74, 6) is -0.109. The van der Waals surface area contributed by atoms with Crippen LogP contribution in [0.2, 0.25) is 0 Å². The van der Waals surface area contributed by atoms with Gasteiger partial charge in [0.15, 0.2) is 0 Å². The normalized spacial score (nSPS) is 11.7. The standard InChI is InChI=1S/C11H15F.2C11H16/c1-8-5-6-9(7-10(8)12)11(2,3)4;2*1-9-5-7-10(8-6-9)11(2,3)4/h5-7H,1-4H3;2*5-8H,1-4H3. The average molecular weight is 463 g/mol. The van der Waals surface area contributed by atoms with Crippen molar-refractivity contribution in [3.05, 3.63) is 106 Å². The fourth-order valence-corrected chi connectivity index (χ4v) is 3.17. The lowest BCUT2D eigenvalue weighted by atomic mass is 9.86. The van der Waals surface area contributed by atoms with E-state index < -0.39 is 0 Å². The highest BCUT2D eigenvalue weighted by Gasteiger charge is 2.14. The molecule has 0 saturated heterocycles. The smallest absolute Gasteiger partial charge is 0.126 e. The van der Waals surface area contributed by atoms with Gasteiger partial charge in [-0.05, 0) is 65.3 Å². The van der Waals surface area contributed by atoms with Gasteiger partial charge in [0.2, 0.25) is 0 Å². The van der Waals surface area contributed by atoms with Gasteiger partial charge in [-0.15, -0.1) is 0 Å². The quantitative estimate of drug-likeness (QED) is 0.312. The molecule has 0 fully saturated rings. The molecule has 0 unspecified atom stereocenters. The first-order chi connectivity index (χ1) is 15.4. The van der Waals surface area contributed by atoms with Crippen LogP contribution in [-0.4, -0.2) is 0 Å². The molecular weight excluding hydrogens is 415 g/mol. The lowest BCUT2D eigenvalue weighted by Gasteiger charge is -2.19. The fourth-order valence-electron chi connectivity index (χ4n) is 3.17. The minimum atomic E-state index is -0.109. The van der Waals surface area contributed by atoms with E-state index in [4.69, 9.17) is 0 Å². The van der Waals surface area contributed by atoms with E-state index in [0.717, 1.165) is 5.56 Å². The number of aryl methyl sites for hydroxylation is 3. The minimum absolute atomic E-state index is 0.0362. The Bertz CT molecular complexity index is 947. The second-order valence-electron chi connectivity index (χ2n) is 12.4. The Labute approximate surface area is 209 Å². The van der Waals surface area contributed by atoms with E-state index in [-0.39, 0.29) is 22.1 Å². The highest BCUT2D eigenvalue weighted by molar-refractivity contribution is 5.29. The molecule has 1 heteroatoms. The molecule has 0 radical (unpaired) electrons. The average Bonchev–Trinajstić information content (AvgIpc) is 2.69. The third-order valence-electron chi connectivity index (χ3n) is 5.87. The van der Waals surface area contributed by atoms with E-state index >= 15 is 0 Å². The van der Waals surface area contributed by atoms with Gasteiger partial charge in [0.1, 0.15) is 5.82 Å². The zero-order chi connectivity index (χ0) is 26.3. The van der Waals surface area contributed by atoms with Crippen molar-refractivity contribution in [2.75, 3.05) is 0 Å². The largest absolute Gasteiger partial charge is 0.207 e. The van der Waals surface area contributed by atoms with Crippen molar-refractivity contribution in [3.8, 4) is 0 Å². The molecule has 0 saturated carbocycles. The van der Waals surface area contributed by atoms with Crippen LogP contribution in [0.15, 0.2) is 66.7 Å². The maximum absolute atomic E-state index is 13.1. The molecule has 0 aliphatic heterocycles. The predicted octanol–water partition coefficient (Wildman–Crippen LogP) is 10.0. The van der Waals surface area contributed by atoms with Crippen LogP contribution in [0.25, 0.3) is 0 Å². The highest BCUT2D eigenvalue weighted by Crippen LogP contribution is 2.24. The first kappa shape index (κ1) is 29.6. The Morgan fingerprint density at radius 1 is 0.441 bits per heavy atom. The van der Waals surface area contributed by atoms with Crippen molar-refractivity contribution < 1.29 is 4.39 Å². The van der Waals surface area contributed by atoms with Gasteiger partial charge >= 0.3 is 0 Å². The van der Waals surface area contributed by atoms with Gasteiger partial charge in [-0.25, -0.2) is 4.39 Å². The second kappa shape index (κ2) is 11.8. The maximum atomic E-state index is 13.1. The zero-order valence-electron chi connectivity index (χ0n) is 23.7. The summed E-state index contributed by atoms with van der Waals surface area (Å²) in [4.78, 5) is 0. The summed E-state index contributed by atoms with van der Waals surface area (Å²) in [6, 6.07) is 22.9. The maximum Gasteiger partial charge on any atom is 0.126 e. The van der Waals surface area contributed by atoms with Gasteiger partial charge < -0.3 is 0 Å². The van der Waals surface area contributed by atoms with E-state index in [9.17, 15) is 4.39 Å². The van der Waals surface area contributed by atoms with E-state index in [1.165, 1.54) is 22.3 Å². The number of benzene rings is 3. The Balaban J connectivity index is 0.000000255. The van der Waals surface area contributed by atoms with Crippen LogP contribution in [0.3, 0.4) is 0 Å². The van der Waals surface area contributed by atoms with Crippen LogP contribution in [0.1, 0.15) is 95.7 Å². The lowest BCUT2D eigenvalue weighted by molar-refractivity contribution is 0.569. The molecule has 3 rings (SSSR count). The van der Waals surface area contributed by atoms with Gasteiger partial charge in [-0.2, -0.15) is 0 Å². The Kier molecular flexibility index (Phi) is 10.3. The predicted molar refractivity (Wildman–Crippen MR) is 150 cm³/mol. The monoisotopic (exact) mass is 462 g/mol. The Morgan fingerprint density at radius 3 is 1.00 bits per heavy atom. The van der Waals surface area contributed by atoms with Crippen molar-refractivity contribution in [2.24, 2.45) is 0 Å². The van der Waals surface area contributed by atoms with Gasteiger partial charge in [-0.3, -0.25) is 0 Å². The summed E-state index contributed by atoms with van der Waals surface area (Å²) in [6.45, 7) is 25.7. The van der Waals surface area contributed by atoms with Crippen molar-refractivity contribution in [1.82, 2.24) is 0 Å². The molecule has 3 aromatic rings. The zero-order valence-corrected chi connectivity index (χ0v) is 23.7. The van der Waals surface area contributed by atoms with Crippen LogP contribution in [0.5, 0.6) is 0 Å². The van der Waals surface area contributed by atoms with Crippen molar-refractivity contribution in [1.29, 1.82) is 0 Å². The Hall–Kier alpha value is -2.41. The third-order valence-corrected chi connectivity index (χ3v) is 5.87.